The van der Waals surface area contributed by atoms with Crippen molar-refractivity contribution in [1.29, 1.82) is 0 Å². The van der Waals surface area contributed by atoms with Crippen LogP contribution in [0.5, 0.6) is 0 Å². The van der Waals surface area contributed by atoms with E-state index in [2.05, 4.69) is 5.32 Å². The van der Waals surface area contributed by atoms with Gasteiger partial charge in [-0.15, -0.1) is 11.3 Å². The molecule has 0 aliphatic heterocycles. The molecule has 3 aromatic rings. The SMILES string of the molecule is Cc1ccc([C@@H](NC(=O)c2cc(F)cc(F)c2)c2cccs2)cc1. The highest BCUT2D eigenvalue weighted by Crippen LogP contribution is 2.27. The third-order valence-corrected chi connectivity index (χ3v) is 4.58. The van der Waals surface area contributed by atoms with Gasteiger partial charge in [0, 0.05) is 16.5 Å². The van der Waals surface area contributed by atoms with Gasteiger partial charge in [0.1, 0.15) is 11.6 Å². The number of hydrogen-bond acceptors (Lipinski definition) is 2. The molecule has 0 saturated carbocycles. The highest BCUT2D eigenvalue weighted by atomic mass is 32.1. The summed E-state index contributed by atoms with van der Waals surface area (Å²) in [7, 11) is 0. The van der Waals surface area contributed by atoms with Gasteiger partial charge in [-0.1, -0.05) is 35.9 Å². The maximum atomic E-state index is 13.3. The Balaban J connectivity index is 1.92. The van der Waals surface area contributed by atoms with Crippen molar-refractivity contribution in [3.8, 4) is 0 Å². The first-order valence-electron chi connectivity index (χ1n) is 7.40. The molecule has 1 N–H and O–H groups in total. The fraction of sp³-hybridized carbons (Fsp3) is 0.105. The predicted molar refractivity (Wildman–Crippen MR) is 91.2 cm³/mol. The highest BCUT2D eigenvalue weighted by molar-refractivity contribution is 7.10. The topological polar surface area (TPSA) is 29.1 Å². The molecule has 122 valence electrons. The lowest BCUT2D eigenvalue weighted by atomic mass is 10.0. The summed E-state index contributed by atoms with van der Waals surface area (Å²) in [6.07, 6.45) is 0. The Labute approximate surface area is 142 Å². The molecule has 0 radical (unpaired) electrons. The molecule has 3 rings (SSSR count). The maximum Gasteiger partial charge on any atom is 0.252 e. The number of hydrogen-bond donors (Lipinski definition) is 1. The molecule has 24 heavy (non-hydrogen) atoms. The average molecular weight is 343 g/mol. The van der Waals surface area contributed by atoms with Crippen molar-refractivity contribution in [2.24, 2.45) is 0 Å². The van der Waals surface area contributed by atoms with Crippen LogP contribution in [0.2, 0.25) is 0 Å². The van der Waals surface area contributed by atoms with Gasteiger partial charge in [-0.25, -0.2) is 8.78 Å². The Kier molecular flexibility index (Phi) is 4.71. The van der Waals surface area contributed by atoms with Gasteiger partial charge in [-0.3, -0.25) is 4.79 Å². The summed E-state index contributed by atoms with van der Waals surface area (Å²) in [6, 6.07) is 14.0. The number of carbonyl (C=O) groups excluding carboxylic acids is 1. The number of benzene rings is 2. The first-order chi connectivity index (χ1) is 11.5. The second-order valence-corrected chi connectivity index (χ2v) is 6.47. The van der Waals surface area contributed by atoms with Crippen LogP contribution in [0.15, 0.2) is 60.0 Å². The van der Waals surface area contributed by atoms with Crippen molar-refractivity contribution in [3.05, 3.63) is 93.2 Å². The molecule has 0 unspecified atom stereocenters. The monoisotopic (exact) mass is 343 g/mol. The fourth-order valence-corrected chi connectivity index (χ4v) is 3.24. The van der Waals surface area contributed by atoms with Gasteiger partial charge in [-0.2, -0.15) is 0 Å². The Morgan fingerprint density at radius 1 is 1.04 bits per heavy atom. The first-order valence-corrected chi connectivity index (χ1v) is 8.28. The van der Waals surface area contributed by atoms with Gasteiger partial charge >= 0.3 is 0 Å². The normalized spacial score (nSPS) is 12.0. The molecule has 0 spiro atoms. The molecule has 1 amide bonds. The van der Waals surface area contributed by atoms with E-state index in [9.17, 15) is 13.6 Å². The van der Waals surface area contributed by atoms with Gasteiger partial charge in [0.05, 0.1) is 6.04 Å². The van der Waals surface area contributed by atoms with Crippen LogP contribution in [0.4, 0.5) is 8.78 Å². The second-order valence-electron chi connectivity index (χ2n) is 5.49. The van der Waals surface area contributed by atoms with Crippen molar-refractivity contribution in [3.63, 3.8) is 0 Å². The molecule has 0 bridgehead atoms. The second kappa shape index (κ2) is 6.93. The van der Waals surface area contributed by atoms with Crippen molar-refractivity contribution in [2.45, 2.75) is 13.0 Å². The van der Waals surface area contributed by atoms with Crippen LogP contribution in [0.3, 0.4) is 0 Å². The smallest absolute Gasteiger partial charge is 0.252 e. The largest absolute Gasteiger partial charge is 0.340 e. The molecule has 2 nitrogen and oxygen atoms in total. The van der Waals surface area contributed by atoms with E-state index >= 15 is 0 Å². The van der Waals surface area contributed by atoms with Crippen LogP contribution in [-0.4, -0.2) is 5.91 Å². The number of amides is 1. The molecule has 0 fully saturated rings. The van der Waals surface area contributed by atoms with Gasteiger partial charge in [0.2, 0.25) is 0 Å². The van der Waals surface area contributed by atoms with Crippen LogP contribution < -0.4 is 5.32 Å². The van der Waals surface area contributed by atoms with E-state index in [0.717, 1.165) is 34.2 Å². The summed E-state index contributed by atoms with van der Waals surface area (Å²) in [5.41, 5.74) is 1.98. The highest BCUT2D eigenvalue weighted by Gasteiger charge is 2.19. The van der Waals surface area contributed by atoms with Crippen LogP contribution in [0.1, 0.15) is 32.4 Å². The van der Waals surface area contributed by atoms with Gasteiger partial charge in [0.15, 0.2) is 0 Å². The lowest BCUT2D eigenvalue weighted by Crippen LogP contribution is -2.29. The van der Waals surface area contributed by atoms with E-state index < -0.39 is 17.5 Å². The molecular weight excluding hydrogens is 328 g/mol. The first kappa shape index (κ1) is 16.3. The summed E-state index contributed by atoms with van der Waals surface area (Å²) in [5, 5.41) is 4.79. The van der Waals surface area contributed by atoms with Crippen LogP contribution >= 0.6 is 11.3 Å². The van der Waals surface area contributed by atoms with Gasteiger partial charge < -0.3 is 5.32 Å². The van der Waals surface area contributed by atoms with Crippen molar-refractivity contribution in [2.75, 3.05) is 0 Å². The lowest BCUT2D eigenvalue weighted by molar-refractivity contribution is 0.0942. The third kappa shape index (κ3) is 3.68. The predicted octanol–water partition coefficient (Wildman–Crippen LogP) is 4.85. The number of aryl methyl sites for hydroxylation is 1. The Bertz CT molecular complexity index is 824. The number of rotatable bonds is 4. The van der Waals surface area contributed by atoms with E-state index in [0.29, 0.717) is 0 Å². The van der Waals surface area contributed by atoms with E-state index in [-0.39, 0.29) is 11.6 Å². The molecule has 0 saturated heterocycles. The number of nitrogens with one attached hydrogen (secondary N) is 1. The molecule has 5 heteroatoms. The van der Waals surface area contributed by atoms with E-state index in [1.54, 1.807) is 0 Å². The van der Waals surface area contributed by atoms with Crippen LogP contribution in [0.25, 0.3) is 0 Å². The summed E-state index contributed by atoms with van der Waals surface area (Å²) in [6.45, 7) is 1.98. The summed E-state index contributed by atoms with van der Waals surface area (Å²) >= 11 is 1.51. The van der Waals surface area contributed by atoms with Gasteiger partial charge in [-0.05, 0) is 36.1 Å². The molecule has 2 aromatic carbocycles. The van der Waals surface area contributed by atoms with E-state index in [1.807, 2.05) is 48.7 Å². The molecule has 1 aromatic heterocycles. The summed E-state index contributed by atoms with van der Waals surface area (Å²) < 4.78 is 26.7. The molecule has 0 aliphatic carbocycles. The molecule has 1 heterocycles. The molecule has 1 atom stereocenters. The van der Waals surface area contributed by atoms with Crippen LogP contribution in [-0.2, 0) is 0 Å². The number of halogens is 2. The van der Waals surface area contributed by atoms with Gasteiger partial charge in [0.25, 0.3) is 5.91 Å². The molecule has 0 aliphatic rings. The zero-order valence-electron chi connectivity index (χ0n) is 12.9. The summed E-state index contributed by atoms with van der Waals surface area (Å²) in [4.78, 5) is 13.4. The lowest BCUT2D eigenvalue weighted by Gasteiger charge is -2.18. The minimum absolute atomic E-state index is 0.0406. The van der Waals surface area contributed by atoms with Crippen molar-refractivity contribution < 1.29 is 13.6 Å². The maximum absolute atomic E-state index is 13.3. The summed E-state index contributed by atoms with van der Waals surface area (Å²) in [5.74, 6) is -2.07. The van der Waals surface area contributed by atoms with Crippen molar-refractivity contribution >= 4 is 17.2 Å². The third-order valence-electron chi connectivity index (χ3n) is 3.64. The average Bonchev–Trinajstić information content (AvgIpc) is 3.06. The Morgan fingerprint density at radius 3 is 2.29 bits per heavy atom. The number of thiophene rings is 1. The van der Waals surface area contributed by atoms with E-state index in [4.69, 9.17) is 0 Å². The number of carbonyl (C=O) groups is 1. The zero-order valence-corrected chi connectivity index (χ0v) is 13.7. The minimum Gasteiger partial charge on any atom is -0.340 e. The van der Waals surface area contributed by atoms with Crippen LogP contribution in [0, 0.1) is 18.6 Å². The van der Waals surface area contributed by atoms with Crippen molar-refractivity contribution in [1.82, 2.24) is 5.32 Å². The van der Waals surface area contributed by atoms with E-state index in [1.165, 1.54) is 11.3 Å². The quantitative estimate of drug-likeness (QED) is 0.720. The Morgan fingerprint density at radius 2 is 1.71 bits per heavy atom. The molecular formula is C19H15F2NOS. The minimum atomic E-state index is -0.775. The fourth-order valence-electron chi connectivity index (χ4n) is 2.43. The standard InChI is InChI=1S/C19H15F2NOS/c1-12-4-6-13(7-5-12)18(17-3-2-8-24-17)22-19(23)14-9-15(20)11-16(21)10-14/h2-11,18H,1H3,(H,22,23)/t18-/m1/s1. The zero-order chi connectivity index (χ0) is 17.1. The Hall–Kier alpha value is -2.53.